The lowest BCUT2D eigenvalue weighted by molar-refractivity contribution is -0.385. The van der Waals surface area contributed by atoms with Crippen LogP contribution in [0.4, 0.5) is 10.1 Å². The molecule has 0 radical (unpaired) electrons. The molecule has 0 aliphatic carbocycles. The first-order chi connectivity index (χ1) is 9.01. The van der Waals surface area contributed by atoms with Crippen LogP contribution in [0.5, 0.6) is 0 Å². The fourth-order valence-corrected chi connectivity index (χ4v) is 1.60. The highest BCUT2D eigenvalue weighted by Crippen LogP contribution is 2.21. The summed E-state index contributed by atoms with van der Waals surface area (Å²) < 4.78 is 13.0. The van der Waals surface area contributed by atoms with Crippen molar-refractivity contribution in [2.24, 2.45) is 0 Å². The lowest BCUT2D eigenvalue weighted by Crippen LogP contribution is -2.32. The van der Waals surface area contributed by atoms with Gasteiger partial charge in [0.15, 0.2) is 0 Å². The van der Waals surface area contributed by atoms with Gasteiger partial charge in [0.05, 0.1) is 23.5 Å². The molecule has 6 nitrogen and oxygen atoms in total. The molecule has 1 amide bonds. The van der Waals surface area contributed by atoms with E-state index in [4.69, 9.17) is 5.26 Å². The number of nitro benzene ring substituents is 1. The highest BCUT2D eigenvalue weighted by molar-refractivity contribution is 5.98. The van der Waals surface area contributed by atoms with Crippen LogP contribution >= 0.6 is 0 Å². The number of benzene rings is 1. The number of amides is 1. The van der Waals surface area contributed by atoms with Crippen LogP contribution in [-0.2, 0) is 0 Å². The maximum absolute atomic E-state index is 13.0. The van der Waals surface area contributed by atoms with Crippen molar-refractivity contribution in [2.75, 3.05) is 13.1 Å². The molecule has 0 atom stereocenters. The summed E-state index contributed by atoms with van der Waals surface area (Å²) in [7, 11) is 0. The average molecular weight is 265 g/mol. The second-order valence-corrected chi connectivity index (χ2v) is 3.71. The van der Waals surface area contributed by atoms with Crippen LogP contribution in [-0.4, -0.2) is 28.8 Å². The van der Waals surface area contributed by atoms with E-state index in [1.54, 1.807) is 6.92 Å². The SMILES string of the molecule is CCN(CCC#N)C(=O)c1ccc(F)cc1[N+](=O)[O-]. The van der Waals surface area contributed by atoms with Crippen molar-refractivity contribution >= 4 is 11.6 Å². The molecule has 0 bridgehead atoms. The minimum absolute atomic E-state index is 0.134. The zero-order chi connectivity index (χ0) is 14.4. The Hall–Kier alpha value is -2.49. The molecule has 7 heteroatoms. The molecule has 0 saturated carbocycles. The van der Waals surface area contributed by atoms with Gasteiger partial charge in [-0.05, 0) is 19.1 Å². The largest absolute Gasteiger partial charge is 0.338 e. The van der Waals surface area contributed by atoms with Crippen molar-refractivity contribution in [1.29, 1.82) is 5.26 Å². The average Bonchev–Trinajstić information content (AvgIpc) is 2.39. The molecule has 0 aromatic heterocycles. The number of hydrogen-bond donors (Lipinski definition) is 0. The maximum Gasteiger partial charge on any atom is 0.285 e. The number of nitriles is 1. The highest BCUT2D eigenvalue weighted by atomic mass is 19.1. The Balaban J connectivity index is 3.11. The van der Waals surface area contributed by atoms with Crippen molar-refractivity contribution in [1.82, 2.24) is 4.90 Å². The molecule has 1 aromatic rings. The van der Waals surface area contributed by atoms with E-state index in [9.17, 15) is 19.3 Å². The molecule has 0 N–H and O–H groups in total. The third-order valence-electron chi connectivity index (χ3n) is 2.55. The summed E-state index contributed by atoms with van der Waals surface area (Å²) in [5.41, 5.74) is -0.744. The van der Waals surface area contributed by atoms with Crippen LogP contribution in [0.3, 0.4) is 0 Å². The molecule has 0 unspecified atom stereocenters. The van der Waals surface area contributed by atoms with Gasteiger partial charge >= 0.3 is 0 Å². The van der Waals surface area contributed by atoms with Gasteiger partial charge < -0.3 is 4.90 Å². The summed E-state index contributed by atoms with van der Waals surface area (Å²) >= 11 is 0. The van der Waals surface area contributed by atoms with E-state index >= 15 is 0 Å². The lowest BCUT2D eigenvalue weighted by Gasteiger charge is -2.19. The summed E-state index contributed by atoms with van der Waals surface area (Å²) in [6.45, 7) is 2.19. The fourth-order valence-electron chi connectivity index (χ4n) is 1.60. The summed E-state index contributed by atoms with van der Waals surface area (Å²) in [6, 6.07) is 4.70. The minimum atomic E-state index is -0.797. The molecule has 0 aliphatic rings. The van der Waals surface area contributed by atoms with E-state index in [-0.39, 0.29) is 18.5 Å². The van der Waals surface area contributed by atoms with Crippen LogP contribution in [0.1, 0.15) is 23.7 Å². The molecule has 0 spiro atoms. The quantitative estimate of drug-likeness (QED) is 0.602. The van der Waals surface area contributed by atoms with Gasteiger partial charge in [-0.1, -0.05) is 0 Å². The number of carbonyl (C=O) groups excluding carboxylic acids is 1. The fraction of sp³-hybridized carbons (Fsp3) is 0.333. The van der Waals surface area contributed by atoms with Gasteiger partial charge in [0.25, 0.3) is 11.6 Å². The van der Waals surface area contributed by atoms with E-state index in [2.05, 4.69) is 0 Å². The second kappa shape index (κ2) is 6.44. The third kappa shape index (κ3) is 3.48. The first-order valence-electron chi connectivity index (χ1n) is 5.61. The number of hydrogen-bond acceptors (Lipinski definition) is 4. The standard InChI is InChI=1S/C12H12FN3O3/c1-2-15(7-3-6-14)12(17)10-5-4-9(13)8-11(10)16(18)19/h4-5,8H,2-3,7H2,1H3. The molecule has 19 heavy (non-hydrogen) atoms. The van der Waals surface area contributed by atoms with Crippen LogP contribution in [0, 0.1) is 27.3 Å². The van der Waals surface area contributed by atoms with E-state index in [1.165, 1.54) is 4.90 Å². The molecule has 0 heterocycles. The summed E-state index contributed by atoms with van der Waals surface area (Å²) in [5.74, 6) is -1.35. The first kappa shape index (κ1) is 14.6. The van der Waals surface area contributed by atoms with E-state index in [0.29, 0.717) is 12.6 Å². The van der Waals surface area contributed by atoms with Gasteiger partial charge in [0.1, 0.15) is 11.4 Å². The maximum atomic E-state index is 13.0. The van der Waals surface area contributed by atoms with Crippen LogP contribution in [0.25, 0.3) is 0 Å². The van der Waals surface area contributed by atoms with Crippen LogP contribution < -0.4 is 0 Å². The van der Waals surface area contributed by atoms with E-state index in [1.807, 2.05) is 6.07 Å². The zero-order valence-electron chi connectivity index (χ0n) is 10.3. The number of halogens is 1. The Morgan fingerprint density at radius 2 is 2.26 bits per heavy atom. The summed E-state index contributed by atoms with van der Waals surface area (Å²) in [4.78, 5) is 23.4. The van der Waals surface area contributed by atoms with Crippen LogP contribution in [0.2, 0.25) is 0 Å². The Morgan fingerprint density at radius 1 is 1.58 bits per heavy atom. The number of nitrogens with zero attached hydrogens (tertiary/aromatic N) is 3. The Kier molecular flexibility index (Phi) is 4.94. The minimum Gasteiger partial charge on any atom is -0.338 e. The smallest absolute Gasteiger partial charge is 0.285 e. The summed E-state index contributed by atoms with van der Waals surface area (Å²) in [6.07, 6.45) is 0.134. The Bertz CT molecular complexity index is 540. The summed E-state index contributed by atoms with van der Waals surface area (Å²) in [5, 5.41) is 19.3. The van der Waals surface area contributed by atoms with Gasteiger partial charge in [0, 0.05) is 13.1 Å². The number of rotatable bonds is 5. The molecule has 1 aromatic carbocycles. The predicted octanol–water partition coefficient (Wildman–Crippen LogP) is 2.11. The molecule has 100 valence electrons. The van der Waals surface area contributed by atoms with Gasteiger partial charge in [-0.15, -0.1) is 0 Å². The second-order valence-electron chi connectivity index (χ2n) is 3.71. The predicted molar refractivity (Wildman–Crippen MR) is 64.9 cm³/mol. The first-order valence-corrected chi connectivity index (χ1v) is 5.61. The van der Waals surface area contributed by atoms with E-state index < -0.39 is 22.3 Å². The topological polar surface area (TPSA) is 87.2 Å². The van der Waals surface area contributed by atoms with Crippen molar-refractivity contribution in [3.8, 4) is 6.07 Å². The third-order valence-corrected chi connectivity index (χ3v) is 2.55. The number of nitro groups is 1. The van der Waals surface area contributed by atoms with Crippen LogP contribution in [0.15, 0.2) is 18.2 Å². The van der Waals surface area contributed by atoms with E-state index in [0.717, 1.165) is 12.1 Å². The molecule has 0 fully saturated rings. The van der Waals surface area contributed by atoms with Crippen molar-refractivity contribution < 1.29 is 14.1 Å². The van der Waals surface area contributed by atoms with Crippen molar-refractivity contribution in [2.45, 2.75) is 13.3 Å². The molecule has 1 rings (SSSR count). The van der Waals surface area contributed by atoms with Gasteiger partial charge in [-0.3, -0.25) is 14.9 Å². The highest BCUT2D eigenvalue weighted by Gasteiger charge is 2.24. The van der Waals surface area contributed by atoms with Crippen molar-refractivity contribution in [3.05, 3.63) is 39.7 Å². The van der Waals surface area contributed by atoms with Gasteiger partial charge in [-0.2, -0.15) is 5.26 Å². The molecular formula is C12H12FN3O3. The lowest BCUT2D eigenvalue weighted by atomic mass is 10.1. The number of carbonyl (C=O) groups is 1. The molecule has 0 saturated heterocycles. The normalized spacial score (nSPS) is 9.74. The monoisotopic (exact) mass is 265 g/mol. The van der Waals surface area contributed by atoms with Crippen molar-refractivity contribution in [3.63, 3.8) is 0 Å². The Labute approximate surface area is 109 Å². The van der Waals surface area contributed by atoms with Gasteiger partial charge in [0.2, 0.25) is 0 Å². The molecule has 0 aliphatic heterocycles. The Morgan fingerprint density at radius 3 is 2.79 bits per heavy atom. The molecular weight excluding hydrogens is 253 g/mol. The van der Waals surface area contributed by atoms with Gasteiger partial charge in [-0.25, -0.2) is 4.39 Å². The zero-order valence-corrected chi connectivity index (χ0v) is 10.3.